The molecule has 0 aliphatic rings. The Balaban J connectivity index is 2.35. The highest BCUT2D eigenvalue weighted by Gasteiger charge is 2.35. The second kappa shape index (κ2) is 6.76. The predicted octanol–water partition coefficient (Wildman–Crippen LogP) is 3.56. The van der Waals surface area contributed by atoms with E-state index in [2.05, 4.69) is 9.84 Å². The molecule has 0 bridgehead atoms. The van der Waals surface area contributed by atoms with Crippen molar-refractivity contribution in [1.82, 2.24) is 9.78 Å². The van der Waals surface area contributed by atoms with E-state index in [0.717, 1.165) is 12.1 Å². The van der Waals surface area contributed by atoms with E-state index in [9.17, 15) is 22.0 Å². The van der Waals surface area contributed by atoms with Crippen LogP contribution in [0.25, 0.3) is 11.1 Å². The molecule has 0 spiro atoms. The zero-order chi connectivity index (χ0) is 18.0. The van der Waals surface area contributed by atoms with Gasteiger partial charge >= 0.3 is 6.18 Å². The Morgan fingerprint density at radius 1 is 1.17 bits per heavy atom. The van der Waals surface area contributed by atoms with Gasteiger partial charge in [-0.2, -0.15) is 18.3 Å². The Morgan fingerprint density at radius 3 is 2.46 bits per heavy atom. The van der Waals surface area contributed by atoms with E-state index >= 15 is 0 Å². The second-order valence-electron chi connectivity index (χ2n) is 5.35. The third-order valence-electron chi connectivity index (χ3n) is 3.09. The molecular formula is C15H16F5N3O. The molecule has 0 radical (unpaired) electrons. The first-order valence-corrected chi connectivity index (χ1v) is 7.05. The third kappa shape index (κ3) is 4.67. The maximum absolute atomic E-state index is 13.2. The molecule has 2 N–H and O–H groups in total. The fourth-order valence-electron chi connectivity index (χ4n) is 2.03. The normalized spacial score (nSPS) is 12.5. The van der Waals surface area contributed by atoms with Crippen LogP contribution in [0.15, 0.2) is 30.6 Å². The topological polar surface area (TPSA) is 53.1 Å². The summed E-state index contributed by atoms with van der Waals surface area (Å²) in [6.45, 7) is 0.205. The van der Waals surface area contributed by atoms with E-state index in [1.165, 1.54) is 16.9 Å². The van der Waals surface area contributed by atoms with Crippen LogP contribution < -0.4 is 10.5 Å². The van der Waals surface area contributed by atoms with Gasteiger partial charge in [-0.1, -0.05) is 6.07 Å². The molecule has 2 aromatic rings. The molecular weight excluding hydrogens is 333 g/mol. The number of halogens is 5. The summed E-state index contributed by atoms with van der Waals surface area (Å²) in [6, 6.07) is 3.25. The number of ether oxygens (including phenoxy) is 1. The molecule has 4 nitrogen and oxygen atoms in total. The molecule has 1 aromatic heterocycles. The molecule has 0 aliphatic heterocycles. The lowest BCUT2D eigenvalue weighted by atomic mass is 10.0. The number of hydrogen-bond acceptors (Lipinski definition) is 3. The molecule has 132 valence electrons. The van der Waals surface area contributed by atoms with Gasteiger partial charge in [-0.25, -0.2) is 8.78 Å². The molecule has 2 rings (SSSR count). The average Bonchev–Trinajstić information content (AvgIpc) is 2.92. The molecule has 0 amide bonds. The number of benzene rings is 1. The molecule has 0 unspecified atom stereocenters. The molecule has 0 atom stereocenters. The predicted molar refractivity (Wildman–Crippen MR) is 77.8 cm³/mol. The lowest BCUT2D eigenvalue weighted by Crippen LogP contribution is -2.22. The SMILES string of the molecule is CC(F)(F)COc1ccc(-c2cnn(CCN)c2)cc1C(F)(F)F. The van der Waals surface area contributed by atoms with Gasteiger partial charge in [0.1, 0.15) is 5.75 Å². The number of nitrogens with two attached hydrogens (primary N) is 1. The summed E-state index contributed by atoms with van der Waals surface area (Å²) in [5.41, 5.74) is 4.99. The molecule has 1 aromatic carbocycles. The van der Waals surface area contributed by atoms with Gasteiger partial charge < -0.3 is 10.5 Å². The Hall–Kier alpha value is -2.16. The first-order valence-electron chi connectivity index (χ1n) is 7.05. The van der Waals surface area contributed by atoms with Crippen molar-refractivity contribution in [2.75, 3.05) is 13.2 Å². The van der Waals surface area contributed by atoms with Crippen LogP contribution in [0.5, 0.6) is 5.75 Å². The summed E-state index contributed by atoms with van der Waals surface area (Å²) >= 11 is 0. The maximum Gasteiger partial charge on any atom is 0.419 e. The fraction of sp³-hybridized carbons (Fsp3) is 0.400. The molecule has 0 fully saturated rings. The summed E-state index contributed by atoms with van der Waals surface area (Å²) < 4.78 is 71.4. The van der Waals surface area contributed by atoms with Crippen molar-refractivity contribution in [3.05, 3.63) is 36.2 Å². The molecule has 0 aliphatic carbocycles. The minimum atomic E-state index is -4.73. The van der Waals surface area contributed by atoms with Crippen LogP contribution in [0.2, 0.25) is 0 Å². The minimum absolute atomic E-state index is 0.251. The molecule has 9 heteroatoms. The van der Waals surface area contributed by atoms with Gasteiger partial charge in [0.2, 0.25) is 0 Å². The molecule has 1 heterocycles. The van der Waals surface area contributed by atoms with Gasteiger partial charge in [0.05, 0.1) is 18.3 Å². The van der Waals surface area contributed by atoms with Gasteiger partial charge in [0, 0.05) is 25.2 Å². The van der Waals surface area contributed by atoms with Gasteiger partial charge in [0.15, 0.2) is 6.61 Å². The summed E-state index contributed by atoms with van der Waals surface area (Å²) in [5, 5.41) is 3.99. The van der Waals surface area contributed by atoms with E-state index < -0.39 is 30.0 Å². The zero-order valence-electron chi connectivity index (χ0n) is 12.8. The van der Waals surface area contributed by atoms with Crippen LogP contribution in [0, 0.1) is 0 Å². The van der Waals surface area contributed by atoms with E-state index in [-0.39, 0.29) is 5.56 Å². The fourth-order valence-corrected chi connectivity index (χ4v) is 2.03. The van der Waals surface area contributed by atoms with Gasteiger partial charge in [-0.15, -0.1) is 0 Å². The van der Waals surface area contributed by atoms with Crippen molar-refractivity contribution in [1.29, 1.82) is 0 Å². The quantitative estimate of drug-likeness (QED) is 0.812. The summed E-state index contributed by atoms with van der Waals surface area (Å²) in [7, 11) is 0. The van der Waals surface area contributed by atoms with Crippen molar-refractivity contribution in [3.8, 4) is 16.9 Å². The van der Waals surface area contributed by atoms with Crippen molar-refractivity contribution in [2.24, 2.45) is 5.73 Å². The zero-order valence-corrected chi connectivity index (χ0v) is 12.8. The number of rotatable bonds is 6. The van der Waals surface area contributed by atoms with Gasteiger partial charge in [-0.3, -0.25) is 4.68 Å². The van der Waals surface area contributed by atoms with E-state index in [1.807, 2.05) is 0 Å². The smallest absolute Gasteiger partial charge is 0.419 e. The van der Waals surface area contributed by atoms with Crippen LogP contribution >= 0.6 is 0 Å². The number of aromatic nitrogens is 2. The lowest BCUT2D eigenvalue weighted by Gasteiger charge is -2.17. The Morgan fingerprint density at radius 2 is 1.88 bits per heavy atom. The van der Waals surface area contributed by atoms with Crippen LogP contribution in [-0.2, 0) is 12.7 Å². The largest absolute Gasteiger partial charge is 0.487 e. The number of nitrogens with zero attached hydrogens (tertiary/aromatic N) is 2. The van der Waals surface area contributed by atoms with E-state index in [1.54, 1.807) is 6.20 Å². The average molecular weight is 349 g/mol. The Bertz CT molecular complexity index is 691. The van der Waals surface area contributed by atoms with Gasteiger partial charge in [0.25, 0.3) is 5.92 Å². The first-order chi connectivity index (χ1) is 11.1. The van der Waals surface area contributed by atoms with Gasteiger partial charge in [-0.05, 0) is 17.7 Å². The van der Waals surface area contributed by atoms with Crippen LogP contribution in [-0.4, -0.2) is 28.9 Å². The number of hydrogen-bond donors (Lipinski definition) is 1. The van der Waals surface area contributed by atoms with Crippen LogP contribution in [0.1, 0.15) is 12.5 Å². The van der Waals surface area contributed by atoms with E-state index in [0.29, 0.717) is 25.6 Å². The third-order valence-corrected chi connectivity index (χ3v) is 3.09. The Kier molecular flexibility index (Phi) is 5.12. The summed E-state index contributed by atoms with van der Waals surface area (Å²) in [5.74, 6) is -3.87. The Labute approximate surface area is 135 Å². The maximum atomic E-state index is 13.2. The standard InChI is InChI=1S/C15H16F5N3O/c1-14(16,17)9-24-13-3-2-10(6-12(13)15(18,19)20)11-7-22-23(8-11)5-4-21/h2-3,6-8H,4-5,9,21H2,1H3. The minimum Gasteiger partial charge on any atom is -0.487 e. The highest BCUT2D eigenvalue weighted by Crippen LogP contribution is 2.39. The number of alkyl halides is 5. The highest BCUT2D eigenvalue weighted by molar-refractivity contribution is 5.64. The van der Waals surface area contributed by atoms with Crippen molar-refractivity contribution < 1.29 is 26.7 Å². The molecule has 0 saturated carbocycles. The first kappa shape index (κ1) is 18.2. The lowest BCUT2D eigenvalue weighted by molar-refractivity contribution is -0.139. The molecule has 0 saturated heterocycles. The van der Waals surface area contributed by atoms with Crippen molar-refractivity contribution in [2.45, 2.75) is 25.6 Å². The van der Waals surface area contributed by atoms with E-state index in [4.69, 9.17) is 5.73 Å². The molecule has 24 heavy (non-hydrogen) atoms. The monoisotopic (exact) mass is 349 g/mol. The highest BCUT2D eigenvalue weighted by atomic mass is 19.4. The summed E-state index contributed by atoms with van der Waals surface area (Å²) in [6.07, 6.45) is -1.77. The summed E-state index contributed by atoms with van der Waals surface area (Å²) in [4.78, 5) is 0. The van der Waals surface area contributed by atoms with Crippen LogP contribution in [0.4, 0.5) is 22.0 Å². The van der Waals surface area contributed by atoms with Crippen LogP contribution in [0.3, 0.4) is 0 Å². The second-order valence-corrected chi connectivity index (χ2v) is 5.35. The van der Waals surface area contributed by atoms with Crippen molar-refractivity contribution >= 4 is 0 Å². The van der Waals surface area contributed by atoms with Crippen molar-refractivity contribution in [3.63, 3.8) is 0 Å².